The fraction of sp³-hybridized carbons (Fsp3) is 0.478. The number of nitrogens with zero attached hydrogens (tertiary/aromatic N) is 5. The molecule has 3 heterocycles. The highest BCUT2D eigenvalue weighted by Gasteiger charge is 2.30. The van der Waals surface area contributed by atoms with Gasteiger partial charge in [-0.15, -0.1) is 0 Å². The molecule has 1 N–H and O–H groups in total. The van der Waals surface area contributed by atoms with Gasteiger partial charge in [0, 0.05) is 37.3 Å². The second kappa shape index (κ2) is 8.53. The molecule has 31 heavy (non-hydrogen) atoms. The number of amides is 1. The smallest absolute Gasteiger partial charge is 0.225 e. The highest BCUT2D eigenvalue weighted by Crippen LogP contribution is 2.29. The van der Waals surface area contributed by atoms with Gasteiger partial charge in [-0.2, -0.15) is 10.1 Å². The molecule has 0 bridgehead atoms. The molecule has 3 aromatic rings. The van der Waals surface area contributed by atoms with E-state index in [4.69, 9.17) is 9.72 Å². The third kappa shape index (κ3) is 3.94. The number of anilines is 1. The number of benzene rings is 1. The number of carbonyl (C=O) groups is 1. The number of fused-ring (bicyclic) bond motifs is 1. The van der Waals surface area contributed by atoms with Crippen molar-refractivity contribution in [2.24, 2.45) is 5.92 Å². The first-order valence-corrected chi connectivity index (χ1v) is 11.1. The zero-order valence-electron chi connectivity index (χ0n) is 17.8. The quantitative estimate of drug-likeness (QED) is 0.681. The fourth-order valence-electron chi connectivity index (χ4n) is 4.78. The lowest BCUT2D eigenvalue weighted by atomic mass is 9.85. The lowest BCUT2D eigenvalue weighted by Gasteiger charge is -2.30. The molecular formula is C23H28N6O2. The van der Waals surface area contributed by atoms with Crippen molar-refractivity contribution in [3.63, 3.8) is 0 Å². The fourth-order valence-corrected chi connectivity index (χ4v) is 4.78. The van der Waals surface area contributed by atoms with Crippen molar-refractivity contribution in [3.05, 3.63) is 36.7 Å². The molecule has 0 radical (unpaired) electrons. The SMILES string of the molecule is COc1cccc2c1cnn2-c1ccnc(N[C@H]2CC[C@H](C(=O)N3CCCC3)CC2)n1. The molecule has 2 aliphatic rings. The van der Waals surface area contributed by atoms with E-state index in [1.54, 1.807) is 24.2 Å². The number of rotatable bonds is 5. The Bertz CT molecular complexity index is 1070. The molecule has 0 spiro atoms. The Balaban J connectivity index is 1.26. The van der Waals surface area contributed by atoms with E-state index in [9.17, 15) is 4.79 Å². The molecule has 162 valence electrons. The molecule has 0 atom stereocenters. The first-order valence-electron chi connectivity index (χ1n) is 11.1. The number of carbonyl (C=O) groups excluding carboxylic acids is 1. The molecule has 2 aromatic heterocycles. The molecule has 5 rings (SSSR count). The van der Waals surface area contributed by atoms with Crippen molar-refractivity contribution < 1.29 is 9.53 Å². The topological polar surface area (TPSA) is 85.2 Å². The Morgan fingerprint density at radius 1 is 1.13 bits per heavy atom. The summed E-state index contributed by atoms with van der Waals surface area (Å²) in [7, 11) is 1.66. The second-order valence-corrected chi connectivity index (χ2v) is 8.41. The average Bonchev–Trinajstić information content (AvgIpc) is 3.49. The van der Waals surface area contributed by atoms with Crippen LogP contribution in [-0.4, -0.2) is 56.8 Å². The third-order valence-corrected chi connectivity index (χ3v) is 6.48. The second-order valence-electron chi connectivity index (χ2n) is 8.41. The summed E-state index contributed by atoms with van der Waals surface area (Å²) in [6.07, 6.45) is 9.61. The summed E-state index contributed by atoms with van der Waals surface area (Å²) in [5, 5.41) is 8.92. The number of hydrogen-bond donors (Lipinski definition) is 1. The predicted octanol–water partition coefficient (Wildman–Crippen LogP) is 3.42. The predicted molar refractivity (Wildman–Crippen MR) is 118 cm³/mol. The summed E-state index contributed by atoms with van der Waals surface area (Å²) in [5.41, 5.74) is 0.935. The summed E-state index contributed by atoms with van der Waals surface area (Å²) in [4.78, 5) is 23.8. The number of hydrogen-bond acceptors (Lipinski definition) is 6. The minimum Gasteiger partial charge on any atom is -0.496 e. The van der Waals surface area contributed by atoms with E-state index in [0.717, 1.165) is 68.3 Å². The molecule has 8 heteroatoms. The van der Waals surface area contributed by atoms with E-state index < -0.39 is 0 Å². The first-order chi connectivity index (χ1) is 15.2. The van der Waals surface area contributed by atoms with Crippen LogP contribution in [0.2, 0.25) is 0 Å². The van der Waals surface area contributed by atoms with Crippen LogP contribution in [0.15, 0.2) is 36.7 Å². The number of ether oxygens (including phenoxy) is 1. The zero-order valence-corrected chi connectivity index (χ0v) is 17.8. The van der Waals surface area contributed by atoms with Crippen LogP contribution < -0.4 is 10.1 Å². The molecule has 1 amide bonds. The van der Waals surface area contributed by atoms with Crippen LogP contribution >= 0.6 is 0 Å². The first kappa shape index (κ1) is 19.8. The van der Waals surface area contributed by atoms with Gasteiger partial charge in [0.1, 0.15) is 5.75 Å². The molecule has 1 saturated carbocycles. The normalized spacial score (nSPS) is 21.4. The summed E-state index contributed by atoms with van der Waals surface area (Å²) in [5.74, 6) is 2.62. The van der Waals surface area contributed by atoms with Crippen LogP contribution in [0.4, 0.5) is 5.95 Å². The molecule has 2 fully saturated rings. The maximum Gasteiger partial charge on any atom is 0.225 e. The number of nitrogens with one attached hydrogen (secondary N) is 1. The highest BCUT2D eigenvalue weighted by atomic mass is 16.5. The molecule has 1 aliphatic heterocycles. The summed E-state index contributed by atoms with van der Waals surface area (Å²) in [6, 6.07) is 8.00. The Hall–Kier alpha value is -3.16. The minimum atomic E-state index is 0.175. The van der Waals surface area contributed by atoms with Crippen molar-refractivity contribution in [1.29, 1.82) is 0 Å². The van der Waals surface area contributed by atoms with Crippen LogP contribution in [0.25, 0.3) is 16.7 Å². The van der Waals surface area contributed by atoms with E-state index in [0.29, 0.717) is 17.7 Å². The van der Waals surface area contributed by atoms with Crippen LogP contribution in [0.5, 0.6) is 5.75 Å². The van der Waals surface area contributed by atoms with Gasteiger partial charge < -0.3 is 15.0 Å². The highest BCUT2D eigenvalue weighted by molar-refractivity contribution is 5.86. The van der Waals surface area contributed by atoms with E-state index in [1.807, 2.05) is 24.3 Å². The lowest BCUT2D eigenvalue weighted by Crippen LogP contribution is -2.37. The van der Waals surface area contributed by atoms with Crippen molar-refractivity contribution >= 4 is 22.8 Å². The summed E-state index contributed by atoms with van der Waals surface area (Å²) in [6.45, 7) is 1.87. The molecular weight excluding hydrogens is 392 g/mol. The maximum atomic E-state index is 12.7. The van der Waals surface area contributed by atoms with E-state index in [-0.39, 0.29) is 12.0 Å². The van der Waals surface area contributed by atoms with E-state index in [2.05, 4.69) is 20.3 Å². The average molecular weight is 421 g/mol. The zero-order chi connectivity index (χ0) is 21.2. The summed E-state index contributed by atoms with van der Waals surface area (Å²) >= 11 is 0. The lowest BCUT2D eigenvalue weighted by molar-refractivity contribution is -0.135. The van der Waals surface area contributed by atoms with Crippen LogP contribution in [-0.2, 0) is 4.79 Å². The molecule has 1 aromatic carbocycles. The van der Waals surface area contributed by atoms with Crippen molar-refractivity contribution in [1.82, 2.24) is 24.6 Å². The number of methoxy groups -OCH3 is 1. The number of likely N-dealkylation sites (tertiary alicyclic amines) is 1. The van der Waals surface area contributed by atoms with Gasteiger partial charge in [-0.3, -0.25) is 4.79 Å². The maximum absolute atomic E-state index is 12.7. The van der Waals surface area contributed by atoms with Gasteiger partial charge in [-0.1, -0.05) is 6.07 Å². The van der Waals surface area contributed by atoms with Gasteiger partial charge in [-0.05, 0) is 50.7 Å². The van der Waals surface area contributed by atoms with Gasteiger partial charge in [0.05, 0.1) is 24.2 Å². The van der Waals surface area contributed by atoms with Crippen molar-refractivity contribution in [2.45, 2.75) is 44.6 Å². The van der Waals surface area contributed by atoms with Crippen LogP contribution in [0.3, 0.4) is 0 Å². The number of aromatic nitrogens is 4. The van der Waals surface area contributed by atoms with Crippen molar-refractivity contribution in [3.8, 4) is 11.6 Å². The van der Waals surface area contributed by atoms with Crippen molar-refractivity contribution in [2.75, 3.05) is 25.5 Å². The van der Waals surface area contributed by atoms with Gasteiger partial charge in [0.25, 0.3) is 0 Å². The Morgan fingerprint density at radius 2 is 1.94 bits per heavy atom. The largest absolute Gasteiger partial charge is 0.496 e. The molecule has 0 unspecified atom stereocenters. The van der Waals surface area contributed by atoms with Gasteiger partial charge in [0.15, 0.2) is 5.82 Å². The van der Waals surface area contributed by atoms with Gasteiger partial charge in [-0.25, -0.2) is 9.67 Å². The Labute approximate surface area is 181 Å². The van der Waals surface area contributed by atoms with E-state index >= 15 is 0 Å². The molecule has 1 saturated heterocycles. The third-order valence-electron chi connectivity index (χ3n) is 6.48. The summed E-state index contributed by atoms with van der Waals surface area (Å²) < 4.78 is 7.24. The van der Waals surface area contributed by atoms with Gasteiger partial charge in [0.2, 0.25) is 11.9 Å². The molecule has 8 nitrogen and oxygen atoms in total. The minimum absolute atomic E-state index is 0.175. The molecule has 1 aliphatic carbocycles. The Kier molecular flexibility index (Phi) is 5.44. The van der Waals surface area contributed by atoms with E-state index in [1.165, 1.54) is 0 Å². The van der Waals surface area contributed by atoms with Crippen LogP contribution in [0, 0.1) is 5.92 Å². The standard InChI is InChI=1S/C23H28N6O2/c1-31-20-6-4-5-19-18(20)15-25-29(19)21-11-12-24-23(27-21)26-17-9-7-16(8-10-17)22(30)28-13-2-3-14-28/h4-6,11-12,15-17H,2-3,7-10,13-14H2,1H3,(H,24,26,27)/t16-,17-. The van der Waals surface area contributed by atoms with Crippen LogP contribution in [0.1, 0.15) is 38.5 Å². The Morgan fingerprint density at radius 3 is 2.71 bits per heavy atom. The van der Waals surface area contributed by atoms with Gasteiger partial charge >= 0.3 is 0 Å². The monoisotopic (exact) mass is 420 g/mol.